The van der Waals surface area contributed by atoms with Gasteiger partial charge in [0, 0.05) is 32.7 Å². The Morgan fingerprint density at radius 3 is 2.44 bits per heavy atom. The zero-order valence-electron chi connectivity index (χ0n) is 10.2. The maximum Gasteiger partial charge on any atom is 0.106 e. The van der Waals surface area contributed by atoms with E-state index in [1.54, 1.807) is 0 Å². The van der Waals surface area contributed by atoms with E-state index in [9.17, 15) is 0 Å². The third kappa shape index (κ3) is 2.27. The monoisotopic (exact) mass is 225 g/mol. The van der Waals surface area contributed by atoms with Gasteiger partial charge in [-0.15, -0.1) is 0 Å². The smallest absolute Gasteiger partial charge is 0.106 e. The van der Waals surface area contributed by atoms with Crippen LogP contribution in [0.1, 0.15) is 32.1 Å². The molecule has 0 bridgehead atoms. The van der Waals surface area contributed by atoms with Crippen LogP contribution in [-0.2, 0) is 9.47 Å². The van der Waals surface area contributed by atoms with Crippen molar-refractivity contribution in [3.05, 3.63) is 0 Å². The normalized spacial score (nSPS) is 34.9. The lowest BCUT2D eigenvalue weighted by Crippen LogP contribution is -2.47. The Balaban J connectivity index is 1.53. The molecular formula is C13H23NO2. The molecule has 1 N–H and O–H groups in total. The van der Waals surface area contributed by atoms with Gasteiger partial charge in [-0.1, -0.05) is 0 Å². The second-order valence-electron chi connectivity index (χ2n) is 5.77. The highest BCUT2D eigenvalue weighted by Gasteiger charge is 2.43. The molecule has 0 aromatic rings. The van der Waals surface area contributed by atoms with Gasteiger partial charge in [-0.05, 0) is 37.5 Å². The van der Waals surface area contributed by atoms with Crippen LogP contribution in [0.2, 0.25) is 0 Å². The summed E-state index contributed by atoms with van der Waals surface area (Å²) in [5.74, 6) is 1.92. The summed E-state index contributed by atoms with van der Waals surface area (Å²) in [6.07, 6.45) is 6.78. The van der Waals surface area contributed by atoms with Crippen LogP contribution in [-0.4, -0.2) is 38.5 Å². The van der Waals surface area contributed by atoms with Gasteiger partial charge < -0.3 is 14.8 Å². The summed E-state index contributed by atoms with van der Waals surface area (Å²) in [6.45, 7) is 2.59. The summed E-state index contributed by atoms with van der Waals surface area (Å²) >= 11 is 0. The standard InChI is InChI=1S/C13H23NO2/c1-15-13(6-7-16-9-13)8-14-12(10-2-3-10)11-4-5-11/h10-12,14H,2-9H2,1H3. The predicted octanol–water partition coefficient (Wildman–Crippen LogP) is 1.57. The molecular weight excluding hydrogens is 202 g/mol. The van der Waals surface area contributed by atoms with Crippen molar-refractivity contribution >= 4 is 0 Å². The molecule has 0 amide bonds. The van der Waals surface area contributed by atoms with E-state index in [0.717, 1.165) is 44.1 Å². The number of nitrogens with one attached hydrogen (secondary N) is 1. The van der Waals surface area contributed by atoms with Gasteiger partial charge in [0.2, 0.25) is 0 Å². The van der Waals surface area contributed by atoms with Gasteiger partial charge in [-0.3, -0.25) is 0 Å². The van der Waals surface area contributed by atoms with E-state index in [1.807, 2.05) is 7.11 Å². The quantitative estimate of drug-likeness (QED) is 0.744. The minimum absolute atomic E-state index is 0.0397. The fourth-order valence-corrected chi connectivity index (χ4v) is 2.89. The van der Waals surface area contributed by atoms with Crippen molar-refractivity contribution in [2.45, 2.75) is 43.7 Å². The number of rotatable bonds is 6. The van der Waals surface area contributed by atoms with E-state index in [4.69, 9.17) is 9.47 Å². The van der Waals surface area contributed by atoms with Crippen molar-refractivity contribution in [2.24, 2.45) is 11.8 Å². The summed E-state index contributed by atoms with van der Waals surface area (Å²) in [5, 5.41) is 3.77. The first-order chi connectivity index (χ1) is 7.83. The Morgan fingerprint density at radius 2 is 2.00 bits per heavy atom. The molecule has 1 atom stereocenters. The molecule has 1 saturated heterocycles. The Hall–Kier alpha value is -0.120. The third-order valence-electron chi connectivity index (χ3n) is 4.42. The van der Waals surface area contributed by atoms with Crippen molar-refractivity contribution in [3.63, 3.8) is 0 Å². The summed E-state index contributed by atoms with van der Waals surface area (Å²) in [5.41, 5.74) is -0.0397. The molecule has 3 heteroatoms. The van der Waals surface area contributed by atoms with Crippen molar-refractivity contribution < 1.29 is 9.47 Å². The summed E-state index contributed by atoms with van der Waals surface area (Å²) in [4.78, 5) is 0. The molecule has 0 aromatic heterocycles. The molecule has 3 aliphatic rings. The van der Waals surface area contributed by atoms with Crippen LogP contribution in [0, 0.1) is 11.8 Å². The molecule has 0 spiro atoms. The molecule has 3 fully saturated rings. The summed E-state index contributed by atoms with van der Waals surface area (Å²) in [7, 11) is 1.82. The molecule has 92 valence electrons. The molecule has 2 saturated carbocycles. The number of hydrogen-bond donors (Lipinski definition) is 1. The molecule has 1 aliphatic heterocycles. The zero-order chi connectivity index (χ0) is 11.0. The highest BCUT2D eigenvalue weighted by molar-refractivity contribution is 4.98. The fraction of sp³-hybridized carbons (Fsp3) is 1.00. The van der Waals surface area contributed by atoms with E-state index in [1.165, 1.54) is 25.7 Å². The van der Waals surface area contributed by atoms with Gasteiger partial charge >= 0.3 is 0 Å². The van der Waals surface area contributed by atoms with Crippen LogP contribution in [0.4, 0.5) is 0 Å². The van der Waals surface area contributed by atoms with Crippen LogP contribution >= 0.6 is 0 Å². The van der Waals surface area contributed by atoms with Crippen LogP contribution in [0.5, 0.6) is 0 Å². The lowest BCUT2D eigenvalue weighted by molar-refractivity contribution is -0.0183. The molecule has 3 nitrogen and oxygen atoms in total. The Labute approximate surface area is 97.9 Å². The second-order valence-corrected chi connectivity index (χ2v) is 5.77. The largest absolute Gasteiger partial charge is 0.378 e. The molecule has 0 aromatic carbocycles. The number of ether oxygens (including phenoxy) is 2. The average Bonchev–Trinajstić information content (AvgIpc) is 3.21. The lowest BCUT2D eigenvalue weighted by Gasteiger charge is -2.29. The second kappa shape index (κ2) is 4.28. The Morgan fingerprint density at radius 1 is 1.31 bits per heavy atom. The number of methoxy groups -OCH3 is 1. The van der Waals surface area contributed by atoms with Gasteiger partial charge in [0.25, 0.3) is 0 Å². The van der Waals surface area contributed by atoms with Crippen LogP contribution in [0.3, 0.4) is 0 Å². The van der Waals surface area contributed by atoms with Crippen molar-refractivity contribution in [3.8, 4) is 0 Å². The van der Waals surface area contributed by atoms with Crippen LogP contribution < -0.4 is 5.32 Å². The average molecular weight is 225 g/mol. The Kier molecular flexibility index (Phi) is 2.94. The minimum Gasteiger partial charge on any atom is -0.378 e. The summed E-state index contributed by atoms with van der Waals surface area (Å²) in [6, 6.07) is 0.771. The van der Waals surface area contributed by atoms with Crippen molar-refractivity contribution in [2.75, 3.05) is 26.9 Å². The van der Waals surface area contributed by atoms with E-state index < -0.39 is 0 Å². The van der Waals surface area contributed by atoms with E-state index in [0.29, 0.717) is 0 Å². The molecule has 16 heavy (non-hydrogen) atoms. The SMILES string of the molecule is COC1(CNC(C2CC2)C2CC2)CCOC1. The highest BCUT2D eigenvalue weighted by Crippen LogP contribution is 2.44. The lowest BCUT2D eigenvalue weighted by atomic mass is 10.0. The summed E-state index contributed by atoms with van der Waals surface area (Å²) < 4.78 is 11.1. The maximum absolute atomic E-state index is 5.66. The van der Waals surface area contributed by atoms with Gasteiger partial charge in [0.15, 0.2) is 0 Å². The number of hydrogen-bond acceptors (Lipinski definition) is 3. The predicted molar refractivity (Wildman–Crippen MR) is 62.4 cm³/mol. The van der Waals surface area contributed by atoms with Gasteiger partial charge in [0.1, 0.15) is 5.60 Å². The minimum atomic E-state index is -0.0397. The first kappa shape index (κ1) is 11.0. The van der Waals surface area contributed by atoms with Gasteiger partial charge in [-0.25, -0.2) is 0 Å². The van der Waals surface area contributed by atoms with Gasteiger partial charge in [0.05, 0.1) is 6.61 Å². The van der Waals surface area contributed by atoms with Gasteiger partial charge in [-0.2, -0.15) is 0 Å². The molecule has 1 unspecified atom stereocenters. The Bertz CT molecular complexity index is 230. The zero-order valence-corrected chi connectivity index (χ0v) is 10.2. The maximum atomic E-state index is 5.66. The molecule has 0 radical (unpaired) electrons. The van der Waals surface area contributed by atoms with E-state index >= 15 is 0 Å². The molecule has 3 rings (SSSR count). The highest BCUT2D eigenvalue weighted by atomic mass is 16.5. The van der Waals surface area contributed by atoms with E-state index in [2.05, 4.69) is 5.32 Å². The van der Waals surface area contributed by atoms with E-state index in [-0.39, 0.29) is 5.60 Å². The first-order valence-electron chi connectivity index (χ1n) is 6.69. The van der Waals surface area contributed by atoms with Crippen molar-refractivity contribution in [1.82, 2.24) is 5.32 Å². The molecule has 2 aliphatic carbocycles. The third-order valence-corrected chi connectivity index (χ3v) is 4.42. The van der Waals surface area contributed by atoms with Crippen LogP contribution in [0.15, 0.2) is 0 Å². The fourth-order valence-electron chi connectivity index (χ4n) is 2.89. The molecule has 1 heterocycles. The van der Waals surface area contributed by atoms with Crippen molar-refractivity contribution in [1.29, 1.82) is 0 Å². The first-order valence-corrected chi connectivity index (χ1v) is 6.69. The topological polar surface area (TPSA) is 30.5 Å². The van der Waals surface area contributed by atoms with Crippen LogP contribution in [0.25, 0.3) is 0 Å².